The summed E-state index contributed by atoms with van der Waals surface area (Å²) >= 11 is 0. The van der Waals surface area contributed by atoms with E-state index >= 15 is 0 Å². The van der Waals surface area contributed by atoms with Crippen molar-refractivity contribution in [3.63, 3.8) is 0 Å². The van der Waals surface area contributed by atoms with Crippen molar-refractivity contribution in [2.45, 2.75) is 13.5 Å². The number of aromatic nitrogens is 3. The maximum Gasteiger partial charge on any atom is 0.331 e. The molecule has 1 aliphatic rings. The largest absolute Gasteiger partial charge is 0.494 e. The Bertz CT molecular complexity index is 890. The fraction of sp³-hybridized carbons (Fsp3) is 0.143. The highest BCUT2D eigenvalue weighted by molar-refractivity contribution is 6.21. The standard InChI is InChI=1S/C14H12N4O3/c1-2-18-13(20)10(12(19)17-14(18)21)6-8-7-16-11-9(8)4-3-5-15-11/h3-7,20H,2H2,1H3,(H,17,19,21)/b8-6-. The zero-order valence-corrected chi connectivity index (χ0v) is 11.2. The monoisotopic (exact) mass is 284 g/mol. The minimum atomic E-state index is -0.638. The van der Waals surface area contributed by atoms with Gasteiger partial charge in [-0.3, -0.25) is 14.3 Å². The Morgan fingerprint density at radius 3 is 3.00 bits per heavy atom. The molecule has 0 fully saturated rings. The molecule has 7 nitrogen and oxygen atoms in total. The van der Waals surface area contributed by atoms with Gasteiger partial charge in [-0.2, -0.15) is 0 Å². The molecule has 0 unspecified atom stereocenters. The van der Waals surface area contributed by atoms with Gasteiger partial charge >= 0.3 is 5.69 Å². The summed E-state index contributed by atoms with van der Waals surface area (Å²) in [5.41, 5.74) is 0.171. The Kier molecular flexibility index (Phi) is 3.02. The first-order valence-electron chi connectivity index (χ1n) is 6.39. The lowest BCUT2D eigenvalue weighted by Gasteiger charge is -2.07. The Morgan fingerprint density at radius 2 is 2.24 bits per heavy atom. The Morgan fingerprint density at radius 1 is 1.43 bits per heavy atom. The van der Waals surface area contributed by atoms with E-state index in [1.165, 1.54) is 6.08 Å². The van der Waals surface area contributed by atoms with E-state index in [0.717, 1.165) is 10.1 Å². The van der Waals surface area contributed by atoms with E-state index in [9.17, 15) is 14.7 Å². The first kappa shape index (κ1) is 13.0. The van der Waals surface area contributed by atoms with Gasteiger partial charge in [0.15, 0.2) is 5.82 Å². The molecule has 2 N–H and O–H groups in total. The minimum Gasteiger partial charge on any atom is -0.494 e. The number of hydrogen-bond donors (Lipinski definition) is 2. The van der Waals surface area contributed by atoms with Crippen molar-refractivity contribution in [3.8, 4) is 5.88 Å². The zero-order chi connectivity index (χ0) is 15.0. The van der Waals surface area contributed by atoms with Gasteiger partial charge in [-0.15, -0.1) is 0 Å². The fourth-order valence-corrected chi connectivity index (χ4v) is 2.19. The SMILES string of the molecule is CCn1c(O)c(/C=C2/C=Nc3ncccc32)c(=O)[nH]c1=O. The van der Waals surface area contributed by atoms with Crippen LogP contribution in [0.3, 0.4) is 0 Å². The van der Waals surface area contributed by atoms with Gasteiger partial charge in [0.1, 0.15) is 5.56 Å². The summed E-state index contributed by atoms with van der Waals surface area (Å²) in [5.74, 6) is 0.202. The van der Waals surface area contributed by atoms with Crippen LogP contribution >= 0.6 is 0 Å². The zero-order valence-electron chi connectivity index (χ0n) is 11.2. The number of aromatic hydroxyl groups is 1. The van der Waals surface area contributed by atoms with Crippen molar-refractivity contribution in [2.24, 2.45) is 4.99 Å². The molecule has 0 radical (unpaired) electrons. The van der Waals surface area contributed by atoms with Crippen LogP contribution in [0.15, 0.2) is 32.9 Å². The molecule has 21 heavy (non-hydrogen) atoms. The Balaban J connectivity index is 2.21. The number of allylic oxidation sites excluding steroid dienone is 1. The lowest BCUT2D eigenvalue weighted by atomic mass is 10.1. The predicted octanol–water partition coefficient (Wildman–Crippen LogP) is 0.914. The molecule has 1 aliphatic heterocycles. The number of H-pyrrole nitrogens is 1. The second kappa shape index (κ2) is 4.86. The van der Waals surface area contributed by atoms with Crippen LogP contribution in [0.1, 0.15) is 18.1 Å². The summed E-state index contributed by atoms with van der Waals surface area (Å²) in [4.78, 5) is 33.9. The first-order valence-corrected chi connectivity index (χ1v) is 6.39. The van der Waals surface area contributed by atoms with Crippen LogP contribution in [0.5, 0.6) is 5.88 Å². The van der Waals surface area contributed by atoms with E-state index in [4.69, 9.17) is 0 Å². The van der Waals surface area contributed by atoms with Crippen LogP contribution in [-0.4, -0.2) is 25.9 Å². The van der Waals surface area contributed by atoms with Crippen LogP contribution in [0, 0.1) is 0 Å². The molecule has 2 aromatic heterocycles. The predicted molar refractivity (Wildman–Crippen MR) is 78.9 cm³/mol. The maximum absolute atomic E-state index is 11.9. The second-order valence-corrected chi connectivity index (χ2v) is 4.47. The maximum atomic E-state index is 11.9. The molecule has 0 spiro atoms. The third-order valence-corrected chi connectivity index (χ3v) is 3.25. The highest BCUT2D eigenvalue weighted by atomic mass is 16.3. The fourth-order valence-electron chi connectivity index (χ4n) is 2.19. The summed E-state index contributed by atoms with van der Waals surface area (Å²) in [6, 6.07) is 3.58. The number of aromatic amines is 1. The van der Waals surface area contributed by atoms with Crippen molar-refractivity contribution in [2.75, 3.05) is 0 Å². The minimum absolute atomic E-state index is 0.0228. The van der Waals surface area contributed by atoms with Crippen molar-refractivity contribution < 1.29 is 5.11 Å². The van der Waals surface area contributed by atoms with Crippen molar-refractivity contribution in [3.05, 3.63) is 50.3 Å². The van der Waals surface area contributed by atoms with Crippen molar-refractivity contribution >= 4 is 23.7 Å². The Hall–Kier alpha value is -2.96. The molecule has 106 valence electrons. The molecule has 3 heterocycles. The lowest BCUT2D eigenvalue weighted by Crippen LogP contribution is -2.30. The van der Waals surface area contributed by atoms with Gasteiger partial charge < -0.3 is 5.11 Å². The number of rotatable bonds is 2. The van der Waals surface area contributed by atoms with Crippen molar-refractivity contribution in [1.82, 2.24) is 14.5 Å². The van der Waals surface area contributed by atoms with Gasteiger partial charge in [-0.25, -0.2) is 14.8 Å². The summed E-state index contributed by atoms with van der Waals surface area (Å²) < 4.78 is 1.09. The lowest BCUT2D eigenvalue weighted by molar-refractivity contribution is 0.404. The molecular formula is C14H12N4O3. The van der Waals surface area contributed by atoms with Crippen LogP contribution in [0.25, 0.3) is 11.6 Å². The van der Waals surface area contributed by atoms with E-state index in [1.807, 2.05) is 6.07 Å². The molecule has 0 saturated heterocycles. The van der Waals surface area contributed by atoms with E-state index in [0.29, 0.717) is 11.4 Å². The number of fused-ring (bicyclic) bond motifs is 1. The number of nitrogens with zero attached hydrogens (tertiary/aromatic N) is 3. The molecule has 3 rings (SSSR count). The average Bonchev–Trinajstić information content (AvgIpc) is 2.87. The van der Waals surface area contributed by atoms with Gasteiger partial charge in [-0.1, -0.05) is 0 Å². The van der Waals surface area contributed by atoms with E-state index in [1.54, 1.807) is 25.4 Å². The topological polar surface area (TPSA) is 100 Å². The molecule has 0 bridgehead atoms. The van der Waals surface area contributed by atoms with Gasteiger partial charge in [0.25, 0.3) is 5.56 Å². The van der Waals surface area contributed by atoms with Crippen LogP contribution in [0.4, 0.5) is 5.82 Å². The molecule has 2 aromatic rings. The van der Waals surface area contributed by atoms with Crippen LogP contribution in [-0.2, 0) is 6.54 Å². The van der Waals surface area contributed by atoms with E-state index in [2.05, 4.69) is 15.0 Å². The smallest absolute Gasteiger partial charge is 0.331 e. The summed E-state index contributed by atoms with van der Waals surface area (Å²) in [7, 11) is 0. The number of nitrogens with one attached hydrogen (secondary N) is 1. The molecule has 0 atom stereocenters. The Labute approximate surface area is 118 Å². The van der Waals surface area contributed by atoms with Crippen LogP contribution < -0.4 is 11.2 Å². The summed E-state index contributed by atoms with van der Waals surface area (Å²) in [6.45, 7) is 1.95. The molecule has 0 aromatic carbocycles. The number of pyridine rings is 1. The summed E-state index contributed by atoms with van der Waals surface area (Å²) in [5, 5.41) is 10.1. The molecule has 0 amide bonds. The van der Waals surface area contributed by atoms with Gasteiger partial charge in [0, 0.05) is 30.1 Å². The molecule has 0 saturated carbocycles. The van der Waals surface area contributed by atoms with Gasteiger partial charge in [-0.05, 0) is 25.1 Å². The number of aliphatic imine (C=N–C) groups is 1. The summed E-state index contributed by atoms with van der Waals surface area (Å²) in [6.07, 6.45) is 4.69. The average molecular weight is 284 g/mol. The van der Waals surface area contributed by atoms with Gasteiger partial charge in [0.05, 0.1) is 0 Å². The highest BCUT2D eigenvalue weighted by Crippen LogP contribution is 2.30. The van der Waals surface area contributed by atoms with E-state index in [-0.39, 0.29) is 18.0 Å². The quantitative estimate of drug-likeness (QED) is 0.856. The first-order chi connectivity index (χ1) is 10.1. The van der Waals surface area contributed by atoms with Crippen LogP contribution in [0.2, 0.25) is 0 Å². The normalized spacial score (nSPS) is 14.6. The second-order valence-electron chi connectivity index (χ2n) is 4.47. The highest BCUT2D eigenvalue weighted by Gasteiger charge is 2.16. The van der Waals surface area contributed by atoms with Gasteiger partial charge in [0.2, 0.25) is 5.88 Å². The molecule has 7 heteroatoms. The third-order valence-electron chi connectivity index (χ3n) is 3.25. The van der Waals surface area contributed by atoms with Crippen molar-refractivity contribution in [1.29, 1.82) is 0 Å². The molecule has 0 aliphatic carbocycles. The molecular weight excluding hydrogens is 272 g/mol. The van der Waals surface area contributed by atoms with E-state index < -0.39 is 11.2 Å². The number of hydrogen-bond acceptors (Lipinski definition) is 5. The third kappa shape index (κ3) is 2.08.